The highest BCUT2D eigenvalue weighted by molar-refractivity contribution is 5.15. The largest absolute Gasteiger partial charge is 0.467 e. The molecule has 0 bridgehead atoms. The molecule has 0 fully saturated rings. The van der Waals surface area contributed by atoms with E-state index < -0.39 is 0 Å². The minimum Gasteiger partial charge on any atom is -0.467 e. The number of furan rings is 1. The number of aromatic nitrogens is 3. The molecule has 1 atom stereocenters. The van der Waals surface area contributed by atoms with E-state index in [0.29, 0.717) is 11.5 Å². The molecule has 0 spiro atoms. The summed E-state index contributed by atoms with van der Waals surface area (Å²) in [6.45, 7) is 0. The van der Waals surface area contributed by atoms with Crippen molar-refractivity contribution in [1.82, 2.24) is 15.0 Å². The van der Waals surface area contributed by atoms with Gasteiger partial charge in [-0.15, -0.1) is 5.10 Å². The van der Waals surface area contributed by atoms with Gasteiger partial charge in [0, 0.05) is 7.05 Å². The van der Waals surface area contributed by atoms with Gasteiger partial charge in [0.2, 0.25) is 0 Å². The lowest BCUT2D eigenvalue weighted by Crippen LogP contribution is -2.11. The molecule has 2 heterocycles. The molecule has 13 heavy (non-hydrogen) atoms. The monoisotopic (exact) mass is 178 g/mol. The van der Waals surface area contributed by atoms with Crippen molar-refractivity contribution >= 4 is 0 Å². The van der Waals surface area contributed by atoms with Crippen molar-refractivity contribution in [3.63, 3.8) is 0 Å². The number of nitrogens with zero attached hydrogens (tertiary/aromatic N) is 3. The van der Waals surface area contributed by atoms with Crippen LogP contribution in [0.1, 0.15) is 17.5 Å². The first kappa shape index (κ1) is 8.00. The molecule has 5 heteroatoms. The van der Waals surface area contributed by atoms with Crippen LogP contribution in [-0.4, -0.2) is 15.0 Å². The molecule has 0 saturated heterocycles. The molecule has 0 amide bonds. The van der Waals surface area contributed by atoms with Crippen molar-refractivity contribution in [1.29, 1.82) is 0 Å². The first-order valence-corrected chi connectivity index (χ1v) is 3.92. The first-order chi connectivity index (χ1) is 6.27. The van der Waals surface area contributed by atoms with Crippen LogP contribution >= 0.6 is 0 Å². The second-order valence-electron chi connectivity index (χ2n) is 2.81. The van der Waals surface area contributed by atoms with Crippen LogP contribution in [-0.2, 0) is 7.05 Å². The molecule has 68 valence electrons. The minimum absolute atomic E-state index is 0.330. The summed E-state index contributed by atoms with van der Waals surface area (Å²) in [5, 5.41) is 7.69. The molecule has 2 aromatic rings. The van der Waals surface area contributed by atoms with Crippen molar-refractivity contribution in [3.05, 3.63) is 36.0 Å². The van der Waals surface area contributed by atoms with E-state index in [0.717, 1.165) is 0 Å². The van der Waals surface area contributed by atoms with Crippen LogP contribution in [0.25, 0.3) is 0 Å². The molecular weight excluding hydrogens is 168 g/mol. The molecule has 0 aliphatic heterocycles. The predicted molar refractivity (Wildman–Crippen MR) is 45.7 cm³/mol. The van der Waals surface area contributed by atoms with E-state index in [4.69, 9.17) is 10.2 Å². The quantitative estimate of drug-likeness (QED) is 0.725. The fourth-order valence-corrected chi connectivity index (χ4v) is 1.12. The second-order valence-corrected chi connectivity index (χ2v) is 2.81. The van der Waals surface area contributed by atoms with Crippen LogP contribution < -0.4 is 5.73 Å². The zero-order chi connectivity index (χ0) is 9.26. The van der Waals surface area contributed by atoms with Gasteiger partial charge in [-0.3, -0.25) is 4.68 Å². The maximum Gasteiger partial charge on any atom is 0.126 e. The van der Waals surface area contributed by atoms with Gasteiger partial charge in [-0.1, -0.05) is 5.21 Å². The Labute approximate surface area is 75.1 Å². The van der Waals surface area contributed by atoms with Crippen LogP contribution in [0.5, 0.6) is 0 Å². The second kappa shape index (κ2) is 3.02. The number of hydrogen-bond acceptors (Lipinski definition) is 4. The zero-order valence-corrected chi connectivity index (χ0v) is 7.21. The summed E-state index contributed by atoms with van der Waals surface area (Å²) in [6, 6.07) is 3.29. The molecule has 2 aromatic heterocycles. The van der Waals surface area contributed by atoms with E-state index >= 15 is 0 Å². The molecular formula is C8H10N4O. The van der Waals surface area contributed by atoms with Crippen molar-refractivity contribution in [2.24, 2.45) is 12.8 Å². The molecule has 0 saturated carbocycles. The Morgan fingerprint density at radius 3 is 3.00 bits per heavy atom. The van der Waals surface area contributed by atoms with E-state index in [1.54, 1.807) is 30.3 Å². The standard InChI is InChI=1S/C8H10N4O/c1-12-5-6(10-11-12)8(9)7-3-2-4-13-7/h2-5,8H,9H2,1H3. The van der Waals surface area contributed by atoms with E-state index in [1.165, 1.54) is 0 Å². The SMILES string of the molecule is Cn1cc(C(N)c2ccco2)nn1. The van der Waals surface area contributed by atoms with Crippen LogP contribution in [0.2, 0.25) is 0 Å². The number of rotatable bonds is 2. The van der Waals surface area contributed by atoms with Gasteiger partial charge in [-0.2, -0.15) is 0 Å². The molecule has 0 aliphatic carbocycles. The Bertz CT molecular complexity index is 379. The summed E-state index contributed by atoms with van der Waals surface area (Å²) in [7, 11) is 1.80. The van der Waals surface area contributed by atoms with Crippen LogP contribution in [0.3, 0.4) is 0 Å². The van der Waals surface area contributed by atoms with Gasteiger partial charge in [0.15, 0.2) is 0 Å². The molecule has 0 radical (unpaired) electrons. The molecule has 0 aromatic carbocycles. The third-order valence-corrected chi connectivity index (χ3v) is 1.79. The fraction of sp³-hybridized carbons (Fsp3) is 0.250. The van der Waals surface area contributed by atoms with Crippen molar-refractivity contribution in [2.75, 3.05) is 0 Å². The normalized spacial score (nSPS) is 13.1. The van der Waals surface area contributed by atoms with E-state index in [9.17, 15) is 0 Å². The van der Waals surface area contributed by atoms with E-state index in [2.05, 4.69) is 10.3 Å². The maximum absolute atomic E-state index is 5.86. The van der Waals surface area contributed by atoms with Gasteiger partial charge < -0.3 is 10.2 Å². The molecule has 2 N–H and O–H groups in total. The average molecular weight is 178 g/mol. The fourth-order valence-electron chi connectivity index (χ4n) is 1.12. The Kier molecular flexibility index (Phi) is 1.86. The minimum atomic E-state index is -0.330. The van der Waals surface area contributed by atoms with Gasteiger partial charge in [0.05, 0.1) is 12.5 Å². The van der Waals surface area contributed by atoms with E-state index in [-0.39, 0.29) is 6.04 Å². The average Bonchev–Trinajstić information content (AvgIpc) is 2.72. The summed E-state index contributed by atoms with van der Waals surface area (Å²) in [6.07, 6.45) is 3.36. The summed E-state index contributed by atoms with van der Waals surface area (Å²) < 4.78 is 6.77. The highest BCUT2D eigenvalue weighted by Gasteiger charge is 2.14. The zero-order valence-electron chi connectivity index (χ0n) is 7.21. The van der Waals surface area contributed by atoms with Crippen LogP contribution in [0, 0.1) is 0 Å². The first-order valence-electron chi connectivity index (χ1n) is 3.92. The smallest absolute Gasteiger partial charge is 0.126 e. The predicted octanol–water partition coefficient (Wildman–Crippen LogP) is 0.456. The van der Waals surface area contributed by atoms with E-state index in [1.807, 2.05) is 6.07 Å². The Morgan fingerprint density at radius 2 is 2.46 bits per heavy atom. The third-order valence-electron chi connectivity index (χ3n) is 1.79. The van der Waals surface area contributed by atoms with Gasteiger partial charge in [0.25, 0.3) is 0 Å². The van der Waals surface area contributed by atoms with Gasteiger partial charge >= 0.3 is 0 Å². The Balaban J connectivity index is 2.28. The topological polar surface area (TPSA) is 69.9 Å². The molecule has 0 aliphatic rings. The van der Waals surface area contributed by atoms with Gasteiger partial charge in [-0.25, -0.2) is 0 Å². The van der Waals surface area contributed by atoms with Crippen molar-refractivity contribution in [3.8, 4) is 0 Å². The van der Waals surface area contributed by atoms with Crippen LogP contribution in [0.4, 0.5) is 0 Å². The summed E-state index contributed by atoms with van der Waals surface area (Å²) >= 11 is 0. The lowest BCUT2D eigenvalue weighted by molar-refractivity contribution is 0.486. The number of hydrogen-bond donors (Lipinski definition) is 1. The maximum atomic E-state index is 5.86. The van der Waals surface area contributed by atoms with Crippen molar-refractivity contribution in [2.45, 2.75) is 6.04 Å². The highest BCUT2D eigenvalue weighted by atomic mass is 16.3. The third kappa shape index (κ3) is 1.46. The molecule has 2 rings (SSSR count). The summed E-state index contributed by atoms with van der Waals surface area (Å²) in [5.74, 6) is 0.695. The highest BCUT2D eigenvalue weighted by Crippen LogP contribution is 2.16. The Morgan fingerprint density at radius 1 is 1.62 bits per heavy atom. The lowest BCUT2D eigenvalue weighted by atomic mass is 10.2. The molecule has 1 unspecified atom stereocenters. The number of aryl methyl sites for hydroxylation is 1. The Hall–Kier alpha value is -1.62. The summed E-state index contributed by atoms with van der Waals surface area (Å²) in [4.78, 5) is 0. The van der Waals surface area contributed by atoms with Crippen molar-refractivity contribution < 1.29 is 4.42 Å². The van der Waals surface area contributed by atoms with Gasteiger partial charge in [-0.05, 0) is 12.1 Å². The lowest BCUT2D eigenvalue weighted by Gasteiger charge is -2.02. The number of nitrogens with two attached hydrogens (primary N) is 1. The van der Waals surface area contributed by atoms with Crippen LogP contribution in [0.15, 0.2) is 29.0 Å². The summed E-state index contributed by atoms with van der Waals surface area (Å²) in [5.41, 5.74) is 6.57. The molecule has 5 nitrogen and oxygen atoms in total. The van der Waals surface area contributed by atoms with Gasteiger partial charge in [0.1, 0.15) is 17.5 Å².